The van der Waals surface area contributed by atoms with Crippen LogP contribution in [-0.4, -0.2) is 39.6 Å². The van der Waals surface area contributed by atoms with E-state index in [1.54, 1.807) is 37.4 Å². The van der Waals surface area contributed by atoms with Crippen LogP contribution in [0.1, 0.15) is 12.5 Å². The van der Waals surface area contributed by atoms with E-state index in [0.29, 0.717) is 18.1 Å². The van der Waals surface area contributed by atoms with E-state index in [9.17, 15) is 4.79 Å². The predicted molar refractivity (Wildman–Crippen MR) is 97.6 cm³/mol. The smallest absolute Gasteiger partial charge is 0.344 e. The highest BCUT2D eigenvalue weighted by Crippen LogP contribution is 2.27. The van der Waals surface area contributed by atoms with Crippen LogP contribution in [0.25, 0.3) is 0 Å². The molecule has 6 nitrogen and oxygen atoms in total. The number of para-hydroxylation sites is 1. The molecule has 0 N–H and O–H groups in total. The molecule has 132 valence electrons. The lowest BCUT2D eigenvalue weighted by Gasteiger charge is -2.13. The Hall–Kier alpha value is -3.02. The number of nitrogens with zero attached hydrogens (tertiary/aromatic N) is 2. The molecule has 0 aliphatic carbocycles. The van der Waals surface area contributed by atoms with Gasteiger partial charge in [0.05, 0.1) is 25.6 Å². The van der Waals surface area contributed by atoms with Crippen LogP contribution in [0.5, 0.6) is 11.5 Å². The molecule has 6 heteroatoms. The highest BCUT2D eigenvalue weighted by atomic mass is 16.6. The minimum Gasteiger partial charge on any atom is -0.493 e. The number of benzene rings is 2. The van der Waals surface area contributed by atoms with Crippen LogP contribution in [-0.2, 0) is 9.53 Å². The zero-order valence-corrected chi connectivity index (χ0v) is 14.6. The van der Waals surface area contributed by atoms with Crippen molar-refractivity contribution >= 4 is 17.9 Å². The fraction of sp³-hybridized carbons (Fsp3) is 0.263. The highest BCUT2D eigenvalue weighted by Gasteiger charge is 2.09. The van der Waals surface area contributed by atoms with Gasteiger partial charge in [-0.25, -0.2) is 4.79 Å². The van der Waals surface area contributed by atoms with Crippen LogP contribution in [0.4, 0.5) is 5.69 Å². The van der Waals surface area contributed by atoms with E-state index in [4.69, 9.17) is 14.2 Å². The Morgan fingerprint density at radius 1 is 1.16 bits per heavy atom. The first kappa shape index (κ1) is 18.3. The molecule has 0 aliphatic rings. The number of anilines is 1. The molecule has 2 aromatic carbocycles. The van der Waals surface area contributed by atoms with Crippen molar-refractivity contribution in [3.05, 3.63) is 54.1 Å². The quantitative estimate of drug-likeness (QED) is 0.419. The van der Waals surface area contributed by atoms with E-state index < -0.39 is 5.97 Å². The molecule has 0 radical (unpaired) electrons. The molecular formula is C19H22N2O4. The van der Waals surface area contributed by atoms with Crippen molar-refractivity contribution in [1.82, 2.24) is 0 Å². The molecule has 0 amide bonds. The van der Waals surface area contributed by atoms with Gasteiger partial charge in [0.25, 0.3) is 0 Å². The monoisotopic (exact) mass is 342 g/mol. The Balaban J connectivity index is 2.05. The van der Waals surface area contributed by atoms with Gasteiger partial charge >= 0.3 is 5.97 Å². The van der Waals surface area contributed by atoms with E-state index in [2.05, 4.69) is 5.10 Å². The minimum atomic E-state index is -0.417. The number of methoxy groups -OCH3 is 1. The summed E-state index contributed by atoms with van der Waals surface area (Å²) < 4.78 is 15.6. The second kappa shape index (κ2) is 9.32. The molecule has 2 aromatic rings. The lowest BCUT2D eigenvalue weighted by molar-refractivity contribution is -0.145. The highest BCUT2D eigenvalue weighted by molar-refractivity contribution is 5.81. The van der Waals surface area contributed by atoms with Crippen molar-refractivity contribution in [2.75, 3.05) is 32.4 Å². The zero-order valence-electron chi connectivity index (χ0n) is 14.6. The first-order valence-electron chi connectivity index (χ1n) is 7.93. The third-order valence-corrected chi connectivity index (χ3v) is 3.35. The maximum absolute atomic E-state index is 11.4. The van der Waals surface area contributed by atoms with Crippen LogP contribution in [0.15, 0.2) is 53.6 Å². The van der Waals surface area contributed by atoms with Gasteiger partial charge < -0.3 is 14.2 Å². The molecular weight excluding hydrogens is 320 g/mol. The van der Waals surface area contributed by atoms with Gasteiger partial charge in [0.1, 0.15) is 0 Å². The number of carbonyl (C=O) groups is 1. The summed E-state index contributed by atoms with van der Waals surface area (Å²) in [5.74, 6) is 0.583. The van der Waals surface area contributed by atoms with Crippen LogP contribution in [0.3, 0.4) is 0 Å². The SMILES string of the molecule is CCOC(=O)COc1ccc(/C=N\N(C)c2ccccc2)cc1OC. The van der Waals surface area contributed by atoms with Crippen molar-refractivity contribution in [3.8, 4) is 11.5 Å². The predicted octanol–water partition coefficient (Wildman–Crippen LogP) is 3.11. The van der Waals surface area contributed by atoms with E-state index in [-0.39, 0.29) is 6.61 Å². The maximum atomic E-state index is 11.4. The molecule has 25 heavy (non-hydrogen) atoms. The normalized spacial score (nSPS) is 10.5. The third-order valence-electron chi connectivity index (χ3n) is 3.35. The number of hydrogen-bond donors (Lipinski definition) is 0. The second-order valence-electron chi connectivity index (χ2n) is 5.11. The summed E-state index contributed by atoms with van der Waals surface area (Å²) in [5.41, 5.74) is 1.84. The average molecular weight is 342 g/mol. The summed E-state index contributed by atoms with van der Waals surface area (Å²) in [6.07, 6.45) is 1.73. The van der Waals surface area contributed by atoms with Crippen molar-refractivity contribution in [2.24, 2.45) is 5.10 Å². The van der Waals surface area contributed by atoms with Gasteiger partial charge in [-0.15, -0.1) is 0 Å². The summed E-state index contributed by atoms with van der Waals surface area (Å²) in [4.78, 5) is 11.4. The molecule has 0 bridgehead atoms. The number of carbonyl (C=O) groups excluding carboxylic acids is 1. The standard InChI is InChI=1S/C19H22N2O4/c1-4-24-19(22)14-25-17-11-10-15(12-18(17)23-3)13-20-21(2)16-8-6-5-7-9-16/h5-13H,4,14H2,1-3H3/b20-13-. The minimum absolute atomic E-state index is 0.158. The number of hydrogen-bond acceptors (Lipinski definition) is 6. The molecule has 0 saturated heterocycles. The van der Waals surface area contributed by atoms with E-state index in [1.165, 1.54) is 0 Å². The molecule has 0 aromatic heterocycles. The Labute approximate surface area is 147 Å². The molecule has 0 spiro atoms. The summed E-state index contributed by atoms with van der Waals surface area (Å²) in [6, 6.07) is 15.2. The van der Waals surface area contributed by atoms with Crippen LogP contribution < -0.4 is 14.5 Å². The molecule has 0 fully saturated rings. The third kappa shape index (κ3) is 5.53. The van der Waals surface area contributed by atoms with Crippen LogP contribution >= 0.6 is 0 Å². The van der Waals surface area contributed by atoms with E-state index >= 15 is 0 Å². The lowest BCUT2D eigenvalue weighted by Crippen LogP contribution is -2.15. The topological polar surface area (TPSA) is 60.4 Å². The van der Waals surface area contributed by atoms with Crippen LogP contribution in [0.2, 0.25) is 0 Å². The summed E-state index contributed by atoms with van der Waals surface area (Å²) in [5, 5.41) is 6.18. The van der Waals surface area contributed by atoms with Gasteiger partial charge in [-0.3, -0.25) is 5.01 Å². The number of hydrazone groups is 1. The number of esters is 1. The fourth-order valence-corrected chi connectivity index (χ4v) is 2.09. The van der Waals surface area contributed by atoms with Crippen molar-refractivity contribution in [3.63, 3.8) is 0 Å². The molecule has 0 atom stereocenters. The van der Waals surface area contributed by atoms with Gasteiger partial charge in [0.2, 0.25) is 0 Å². The molecule has 2 rings (SSSR count). The molecule has 0 unspecified atom stereocenters. The van der Waals surface area contributed by atoms with Gasteiger partial charge in [-0.05, 0) is 42.8 Å². The lowest BCUT2D eigenvalue weighted by atomic mass is 10.2. The first-order valence-corrected chi connectivity index (χ1v) is 7.93. The van der Waals surface area contributed by atoms with Gasteiger partial charge in [-0.1, -0.05) is 18.2 Å². The summed E-state index contributed by atoms with van der Waals surface area (Å²) in [7, 11) is 3.42. The van der Waals surface area contributed by atoms with Crippen molar-refractivity contribution < 1.29 is 19.0 Å². The first-order chi connectivity index (χ1) is 12.1. The van der Waals surface area contributed by atoms with E-state index in [0.717, 1.165) is 11.3 Å². The van der Waals surface area contributed by atoms with Crippen molar-refractivity contribution in [1.29, 1.82) is 0 Å². The number of ether oxygens (including phenoxy) is 3. The zero-order chi connectivity index (χ0) is 18.1. The average Bonchev–Trinajstić information content (AvgIpc) is 2.65. The molecule has 0 saturated carbocycles. The largest absolute Gasteiger partial charge is 0.493 e. The fourth-order valence-electron chi connectivity index (χ4n) is 2.09. The van der Waals surface area contributed by atoms with Crippen LogP contribution in [0, 0.1) is 0 Å². The van der Waals surface area contributed by atoms with Gasteiger partial charge in [-0.2, -0.15) is 5.10 Å². The van der Waals surface area contributed by atoms with Gasteiger partial charge in [0.15, 0.2) is 18.1 Å². The molecule has 0 aliphatic heterocycles. The Morgan fingerprint density at radius 2 is 1.92 bits per heavy atom. The Kier molecular flexibility index (Phi) is 6.83. The number of rotatable bonds is 8. The van der Waals surface area contributed by atoms with E-state index in [1.807, 2.05) is 43.4 Å². The summed E-state index contributed by atoms with van der Waals surface area (Å²) in [6.45, 7) is 1.91. The van der Waals surface area contributed by atoms with Gasteiger partial charge in [0, 0.05) is 7.05 Å². The van der Waals surface area contributed by atoms with Crippen molar-refractivity contribution in [2.45, 2.75) is 6.92 Å². The Bertz CT molecular complexity index is 717. The second-order valence-corrected chi connectivity index (χ2v) is 5.11. The summed E-state index contributed by atoms with van der Waals surface area (Å²) >= 11 is 0. The Morgan fingerprint density at radius 3 is 2.60 bits per heavy atom. The molecule has 0 heterocycles. The maximum Gasteiger partial charge on any atom is 0.344 e.